The Bertz CT molecular complexity index is 1100. The van der Waals surface area contributed by atoms with Crippen LogP contribution in [-0.2, 0) is 22.6 Å². The highest BCUT2D eigenvalue weighted by molar-refractivity contribution is 6.34. The minimum absolute atomic E-state index is 0.0997. The van der Waals surface area contributed by atoms with Crippen molar-refractivity contribution in [3.8, 4) is 0 Å². The van der Waals surface area contributed by atoms with E-state index in [1.165, 1.54) is 18.2 Å². The molecule has 0 radical (unpaired) electrons. The van der Waals surface area contributed by atoms with Crippen LogP contribution in [0.4, 0.5) is 0 Å². The quantitative estimate of drug-likeness (QED) is 0.707. The number of pyridine rings is 1. The maximum absolute atomic E-state index is 12.5. The van der Waals surface area contributed by atoms with E-state index in [2.05, 4.69) is 0 Å². The summed E-state index contributed by atoms with van der Waals surface area (Å²) in [5, 5.41) is 10.2. The van der Waals surface area contributed by atoms with E-state index in [0.717, 1.165) is 11.1 Å². The average Bonchev–Trinajstić information content (AvgIpc) is 2.83. The summed E-state index contributed by atoms with van der Waals surface area (Å²) in [7, 11) is 0. The molecule has 2 atom stereocenters. The van der Waals surface area contributed by atoms with Gasteiger partial charge < -0.3 is 9.67 Å². The molecule has 1 aliphatic carbocycles. The Morgan fingerprint density at radius 3 is 2.50 bits per heavy atom. The van der Waals surface area contributed by atoms with Crippen LogP contribution in [0.2, 0.25) is 10.0 Å². The number of halogens is 2. The molecule has 30 heavy (non-hydrogen) atoms. The van der Waals surface area contributed by atoms with Crippen LogP contribution in [0.15, 0.2) is 65.1 Å². The van der Waals surface area contributed by atoms with Gasteiger partial charge in [-0.3, -0.25) is 9.59 Å². The first-order valence-corrected chi connectivity index (χ1v) is 10.3. The minimum Gasteiger partial charge on any atom is -0.478 e. The summed E-state index contributed by atoms with van der Waals surface area (Å²) >= 11 is 12.9. The first-order chi connectivity index (χ1) is 14.3. The lowest BCUT2D eigenvalue weighted by molar-refractivity contribution is -0.132. The summed E-state index contributed by atoms with van der Waals surface area (Å²) in [6.45, 7) is 2.15. The number of carboxylic acids is 1. The first-order valence-electron chi connectivity index (χ1n) is 9.55. The van der Waals surface area contributed by atoms with Crippen molar-refractivity contribution < 1.29 is 14.7 Å². The van der Waals surface area contributed by atoms with Crippen LogP contribution in [0, 0.1) is 11.8 Å². The molecule has 0 saturated heterocycles. The van der Waals surface area contributed by atoms with Gasteiger partial charge >= 0.3 is 5.97 Å². The van der Waals surface area contributed by atoms with Crippen molar-refractivity contribution in [1.29, 1.82) is 0 Å². The van der Waals surface area contributed by atoms with Gasteiger partial charge in [0.2, 0.25) is 0 Å². The standard InChI is InChI=1S/C23H21Cl2NO4/c1-14-10-16(23(29)30)6-8-21(27)18(14)7-5-15-11-20(25)17(12-19(15)24)13-26-9-3-2-4-22(26)28/h2-4,6,8-12,14,18H,5,7,13H2,1H3,(H,29,30). The van der Waals surface area contributed by atoms with Gasteiger partial charge in [-0.2, -0.15) is 0 Å². The molecular formula is C23H21Cl2NO4. The molecule has 0 spiro atoms. The Kier molecular flexibility index (Phi) is 6.95. The molecule has 0 aliphatic heterocycles. The Morgan fingerprint density at radius 1 is 1.10 bits per heavy atom. The van der Waals surface area contributed by atoms with Gasteiger partial charge in [0.15, 0.2) is 5.78 Å². The molecule has 0 fully saturated rings. The maximum atomic E-state index is 12.5. The van der Waals surface area contributed by atoms with Gasteiger partial charge in [0.25, 0.3) is 5.56 Å². The van der Waals surface area contributed by atoms with Crippen LogP contribution < -0.4 is 5.56 Å². The van der Waals surface area contributed by atoms with E-state index in [1.807, 2.05) is 6.92 Å². The molecule has 0 amide bonds. The second-order valence-electron chi connectivity index (χ2n) is 7.37. The fourth-order valence-electron chi connectivity index (χ4n) is 3.59. The van der Waals surface area contributed by atoms with Crippen molar-refractivity contribution >= 4 is 35.0 Å². The number of nitrogens with zero attached hydrogens (tertiary/aromatic N) is 1. The van der Waals surface area contributed by atoms with E-state index < -0.39 is 5.97 Å². The summed E-state index contributed by atoms with van der Waals surface area (Å²) in [6, 6.07) is 8.45. The van der Waals surface area contributed by atoms with Crippen molar-refractivity contribution in [2.45, 2.75) is 26.3 Å². The van der Waals surface area contributed by atoms with Crippen LogP contribution in [0.3, 0.4) is 0 Å². The molecule has 1 aromatic carbocycles. The number of allylic oxidation sites excluding steroid dienone is 2. The summed E-state index contributed by atoms with van der Waals surface area (Å²) in [6.07, 6.45) is 7.03. The molecule has 1 heterocycles. The number of aryl methyl sites for hydroxylation is 1. The molecule has 3 rings (SSSR count). The highest BCUT2D eigenvalue weighted by Gasteiger charge is 2.26. The third kappa shape index (κ3) is 5.10. The highest BCUT2D eigenvalue weighted by Crippen LogP contribution is 2.30. The third-order valence-corrected chi connectivity index (χ3v) is 6.00. The number of hydrogen-bond acceptors (Lipinski definition) is 3. The SMILES string of the molecule is CC1C=C(C(=O)O)C=CC(=O)C1CCc1cc(Cl)c(Cn2ccccc2=O)cc1Cl. The van der Waals surface area contributed by atoms with Crippen LogP contribution in [0.25, 0.3) is 0 Å². The number of carboxylic acid groups (broad SMARTS) is 1. The summed E-state index contributed by atoms with van der Waals surface area (Å²) < 4.78 is 1.54. The highest BCUT2D eigenvalue weighted by atomic mass is 35.5. The molecule has 1 aromatic heterocycles. The van der Waals surface area contributed by atoms with Crippen molar-refractivity contribution in [1.82, 2.24) is 4.57 Å². The minimum atomic E-state index is -1.05. The number of carbonyl (C=O) groups excluding carboxylic acids is 1. The third-order valence-electron chi connectivity index (χ3n) is 5.30. The monoisotopic (exact) mass is 445 g/mol. The predicted molar refractivity (Wildman–Crippen MR) is 117 cm³/mol. The molecule has 1 aliphatic rings. The van der Waals surface area contributed by atoms with E-state index in [-0.39, 0.29) is 28.8 Å². The summed E-state index contributed by atoms with van der Waals surface area (Å²) in [4.78, 5) is 35.6. The van der Waals surface area contributed by atoms with Crippen molar-refractivity contribution in [3.05, 3.63) is 91.9 Å². The van der Waals surface area contributed by atoms with Crippen molar-refractivity contribution in [2.75, 3.05) is 0 Å². The van der Waals surface area contributed by atoms with Gasteiger partial charge in [-0.25, -0.2) is 4.79 Å². The number of aromatic nitrogens is 1. The lowest BCUT2D eigenvalue weighted by Gasteiger charge is -2.19. The fourth-order valence-corrected chi connectivity index (χ4v) is 4.11. The van der Waals surface area contributed by atoms with Gasteiger partial charge in [0.05, 0.1) is 12.1 Å². The maximum Gasteiger partial charge on any atom is 0.335 e. The molecule has 0 saturated carbocycles. The zero-order valence-electron chi connectivity index (χ0n) is 16.3. The number of rotatable bonds is 6. The molecule has 2 aromatic rings. The number of benzene rings is 1. The van der Waals surface area contributed by atoms with Crippen LogP contribution in [0.1, 0.15) is 24.5 Å². The van der Waals surface area contributed by atoms with Gasteiger partial charge in [0.1, 0.15) is 0 Å². The largest absolute Gasteiger partial charge is 0.478 e. The lowest BCUT2D eigenvalue weighted by Crippen LogP contribution is -2.20. The second-order valence-corrected chi connectivity index (χ2v) is 8.18. The van der Waals surface area contributed by atoms with Gasteiger partial charge in [0, 0.05) is 28.2 Å². The van der Waals surface area contributed by atoms with E-state index in [4.69, 9.17) is 23.2 Å². The van der Waals surface area contributed by atoms with Crippen molar-refractivity contribution in [2.24, 2.45) is 11.8 Å². The van der Waals surface area contributed by atoms with Crippen LogP contribution >= 0.6 is 23.2 Å². The lowest BCUT2D eigenvalue weighted by atomic mass is 9.85. The summed E-state index contributed by atoms with van der Waals surface area (Å²) in [5.41, 5.74) is 1.53. The van der Waals surface area contributed by atoms with E-state index in [9.17, 15) is 19.5 Å². The van der Waals surface area contributed by atoms with Crippen LogP contribution in [-0.4, -0.2) is 21.4 Å². The van der Waals surface area contributed by atoms with Gasteiger partial charge in [-0.15, -0.1) is 0 Å². The van der Waals surface area contributed by atoms with Gasteiger partial charge in [-0.1, -0.05) is 42.3 Å². The molecule has 0 bridgehead atoms. The number of ketones is 1. The molecule has 5 nitrogen and oxygen atoms in total. The molecule has 1 N–H and O–H groups in total. The first kappa shape index (κ1) is 22.1. The van der Waals surface area contributed by atoms with E-state index in [1.54, 1.807) is 41.1 Å². The topological polar surface area (TPSA) is 76.4 Å². The number of aliphatic carboxylic acids is 1. The fraction of sp³-hybridized carbons (Fsp3) is 0.261. The zero-order valence-corrected chi connectivity index (χ0v) is 17.9. The second kappa shape index (κ2) is 9.45. The Balaban J connectivity index is 1.76. The Hall–Kier alpha value is -2.63. The van der Waals surface area contributed by atoms with Crippen LogP contribution in [0.5, 0.6) is 0 Å². The smallest absolute Gasteiger partial charge is 0.335 e. The summed E-state index contributed by atoms with van der Waals surface area (Å²) in [5.74, 6) is -1.70. The molecular weight excluding hydrogens is 425 g/mol. The number of hydrogen-bond donors (Lipinski definition) is 1. The zero-order chi connectivity index (χ0) is 21.8. The van der Waals surface area contributed by atoms with E-state index >= 15 is 0 Å². The van der Waals surface area contributed by atoms with Crippen molar-refractivity contribution in [3.63, 3.8) is 0 Å². The predicted octanol–water partition coefficient (Wildman–Crippen LogP) is 4.54. The normalized spacial score (nSPS) is 18.8. The molecule has 2 unspecified atom stereocenters. The van der Waals surface area contributed by atoms with E-state index in [0.29, 0.717) is 29.4 Å². The molecule has 7 heteroatoms. The Morgan fingerprint density at radius 2 is 1.80 bits per heavy atom. The average molecular weight is 446 g/mol. The Labute approximate surface area is 184 Å². The van der Waals surface area contributed by atoms with Gasteiger partial charge in [-0.05, 0) is 60.2 Å². The number of carbonyl (C=O) groups is 2. The molecule has 156 valence electrons.